The normalized spacial score (nSPS) is 16.4. The molecule has 0 aliphatic heterocycles. The van der Waals surface area contributed by atoms with Gasteiger partial charge in [0.25, 0.3) is 0 Å². The van der Waals surface area contributed by atoms with Gasteiger partial charge in [-0.15, -0.1) is 0 Å². The Morgan fingerprint density at radius 2 is 1.94 bits per heavy atom. The molecule has 16 heavy (non-hydrogen) atoms. The average Bonchev–Trinajstić information content (AvgIpc) is 2.17. The zero-order chi connectivity index (χ0) is 11.1. The fraction of sp³-hybridized carbons (Fsp3) is 0.333. The van der Waals surface area contributed by atoms with E-state index in [0.29, 0.717) is 16.1 Å². The molecule has 1 aliphatic rings. The third kappa shape index (κ3) is 1.57. The van der Waals surface area contributed by atoms with E-state index in [1.165, 1.54) is 6.42 Å². The number of para-hydroxylation sites is 1. The maximum atomic E-state index is 6.15. The van der Waals surface area contributed by atoms with E-state index >= 15 is 0 Å². The SMILES string of the molecule is Clc1nc(C2CCC2)nc2c(Cl)cccc12. The molecular formula is C12H10Cl2N2. The van der Waals surface area contributed by atoms with E-state index in [4.69, 9.17) is 23.2 Å². The van der Waals surface area contributed by atoms with E-state index in [2.05, 4.69) is 9.97 Å². The second-order valence-electron chi connectivity index (χ2n) is 4.14. The molecule has 1 aliphatic carbocycles. The highest BCUT2D eigenvalue weighted by Crippen LogP contribution is 2.36. The summed E-state index contributed by atoms with van der Waals surface area (Å²) in [5.41, 5.74) is 0.770. The molecule has 0 saturated heterocycles. The van der Waals surface area contributed by atoms with Crippen molar-refractivity contribution in [1.29, 1.82) is 0 Å². The number of benzene rings is 1. The minimum Gasteiger partial charge on any atom is -0.231 e. The van der Waals surface area contributed by atoms with Crippen molar-refractivity contribution in [2.24, 2.45) is 0 Å². The molecule has 1 heterocycles. The largest absolute Gasteiger partial charge is 0.231 e. The molecule has 82 valence electrons. The number of halogens is 2. The topological polar surface area (TPSA) is 25.8 Å². The summed E-state index contributed by atoms with van der Waals surface area (Å²) in [6.45, 7) is 0. The Labute approximate surface area is 104 Å². The van der Waals surface area contributed by atoms with Crippen molar-refractivity contribution >= 4 is 34.1 Å². The lowest BCUT2D eigenvalue weighted by Gasteiger charge is -2.24. The van der Waals surface area contributed by atoms with Crippen molar-refractivity contribution in [2.75, 3.05) is 0 Å². The maximum Gasteiger partial charge on any atom is 0.140 e. The molecule has 3 rings (SSSR count). The lowest BCUT2D eigenvalue weighted by molar-refractivity contribution is 0.402. The molecule has 2 aromatic rings. The van der Waals surface area contributed by atoms with E-state index in [1.807, 2.05) is 18.2 Å². The van der Waals surface area contributed by atoms with Gasteiger partial charge in [-0.1, -0.05) is 35.7 Å². The third-order valence-electron chi connectivity index (χ3n) is 3.12. The number of aromatic nitrogens is 2. The Bertz CT molecular complexity index is 550. The van der Waals surface area contributed by atoms with E-state index in [-0.39, 0.29) is 0 Å². The Hall–Kier alpha value is -0.860. The van der Waals surface area contributed by atoms with Gasteiger partial charge in [0, 0.05) is 11.3 Å². The first kappa shape index (κ1) is 10.3. The van der Waals surface area contributed by atoms with Crippen LogP contribution in [0.3, 0.4) is 0 Å². The highest BCUT2D eigenvalue weighted by Gasteiger charge is 2.23. The van der Waals surface area contributed by atoms with Gasteiger partial charge < -0.3 is 0 Å². The van der Waals surface area contributed by atoms with Crippen LogP contribution in [0.2, 0.25) is 10.2 Å². The Morgan fingerprint density at radius 1 is 1.12 bits per heavy atom. The van der Waals surface area contributed by atoms with Crippen LogP contribution in [0, 0.1) is 0 Å². The van der Waals surface area contributed by atoms with Crippen molar-refractivity contribution in [3.63, 3.8) is 0 Å². The van der Waals surface area contributed by atoms with Crippen LogP contribution in [-0.4, -0.2) is 9.97 Å². The molecule has 1 aromatic carbocycles. The van der Waals surface area contributed by atoms with Gasteiger partial charge in [0.1, 0.15) is 11.0 Å². The Kier molecular flexibility index (Phi) is 2.49. The van der Waals surface area contributed by atoms with Crippen molar-refractivity contribution in [3.05, 3.63) is 34.2 Å². The number of fused-ring (bicyclic) bond motifs is 1. The molecule has 1 fully saturated rings. The molecule has 0 radical (unpaired) electrons. The number of nitrogens with zero attached hydrogens (tertiary/aromatic N) is 2. The van der Waals surface area contributed by atoms with Gasteiger partial charge in [0.2, 0.25) is 0 Å². The van der Waals surface area contributed by atoms with Crippen LogP contribution in [0.4, 0.5) is 0 Å². The molecule has 0 unspecified atom stereocenters. The molecule has 2 nitrogen and oxygen atoms in total. The summed E-state index contributed by atoms with van der Waals surface area (Å²) in [4.78, 5) is 8.89. The summed E-state index contributed by atoms with van der Waals surface area (Å²) in [7, 11) is 0. The Balaban J connectivity index is 2.23. The highest BCUT2D eigenvalue weighted by molar-refractivity contribution is 6.38. The van der Waals surface area contributed by atoms with E-state index in [9.17, 15) is 0 Å². The van der Waals surface area contributed by atoms with Gasteiger partial charge in [0.05, 0.1) is 10.5 Å². The van der Waals surface area contributed by atoms with Crippen LogP contribution < -0.4 is 0 Å². The van der Waals surface area contributed by atoms with Gasteiger partial charge in [-0.3, -0.25) is 0 Å². The summed E-state index contributed by atoms with van der Waals surface area (Å²) in [5.74, 6) is 1.31. The zero-order valence-electron chi connectivity index (χ0n) is 8.58. The number of hydrogen-bond donors (Lipinski definition) is 0. The minimum absolute atomic E-state index is 0.471. The standard InChI is InChI=1S/C12H10Cl2N2/c13-9-6-2-5-8-10(9)15-12(16-11(8)14)7-3-1-4-7/h2,5-7H,1,3-4H2. The third-order valence-corrected chi connectivity index (χ3v) is 3.71. The zero-order valence-corrected chi connectivity index (χ0v) is 10.1. The molecule has 0 N–H and O–H groups in total. The van der Waals surface area contributed by atoms with Crippen LogP contribution in [0.5, 0.6) is 0 Å². The summed E-state index contributed by atoms with van der Waals surface area (Å²) in [6.07, 6.45) is 3.57. The first-order valence-electron chi connectivity index (χ1n) is 5.37. The smallest absolute Gasteiger partial charge is 0.140 e. The van der Waals surface area contributed by atoms with Crippen LogP contribution in [0.25, 0.3) is 10.9 Å². The van der Waals surface area contributed by atoms with Gasteiger partial charge >= 0.3 is 0 Å². The number of hydrogen-bond acceptors (Lipinski definition) is 2. The average molecular weight is 253 g/mol. The van der Waals surface area contributed by atoms with Crippen LogP contribution in [0.1, 0.15) is 31.0 Å². The fourth-order valence-corrected chi connectivity index (χ4v) is 2.40. The predicted octanol–water partition coefficient (Wildman–Crippen LogP) is 4.20. The maximum absolute atomic E-state index is 6.15. The molecule has 1 aromatic heterocycles. The summed E-state index contributed by atoms with van der Waals surface area (Å²) in [6, 6.07) is 5.59. The molecule has 0 spiro atoms. The molecule has 1 saturated carbocycles. The summed E-state index contributed by atoms with van der Waals surface area (Å²) in [5, 5.41) is 1.98. The van der Waals surface area contributed by atoms with Crippen molar-refractivity contribution in [1.82, 2.24) is 9.97 Å². The molecule has 4 heteroatoms. The Morgan fingerprint density at radius 3 is 2.62 bits per heavy atom. The summed E-state index contributed by atoms with van der Waals surface area (Å²) >= 11 is 12.3. The second kappa shape index (κ2) is 3.86. The van der Waals surface area contributed by atoms with Gasteiger partial charge in [-0.05, 0) is 25.0 Å². The van der Waals surface area contributed by atoms with Crippen molar-refractivity contribution in [3.8, 4) is 0 Å². The van der Waals surface area contributed by atoms with Gasteiger partial charge in [-0.2, -0.15) is 0 Å². The van der Waals surface area contributed by atoms with Crippen molar-refractivity contribution < 1.29 is 0 Å². The lowest BCUT2D eigenvalue weighted by atomic mass is 9.85. The summed E-state index contributed by atoms with van der Waals surface area (Å²) < 4.78 is 0. The highest BCUT2D eigenvalue weighted by atomic mass is 35.5. The first-order valence-corrected chi connectivity index (χ1v) is 6.13. The van der Waals surface area contributed by atoms with Crippen LogP contribution in [0.15, 0.2) is 18.2 Å². The van der Waals surface area contributed by atoms with E-state index in [0.717, 1.165) is 29.6 Å². The van der Waals surface area contributed by atoms with Gasteiger partial charge in [-0.25, -0.2) is 9.97 Å². The molecule has 0 amide bonds. The second-order valence-corrected chi connectivity index (χ2v) is 4.90. The lowest BCUT2D eigenvalue weighted by Crippen LogP contribution is -2.12. The van der Waals surface area contributed by atoms with E-state index < -0.39 is 0 Å². The van der Waals surface area contributed by atoms with E-state index in [1.54, 1.807) is 0 Å². The number of rotatable bonds is 1. The fourth-order valence-electron chi connectivity index (χ4n) is 1.94. The molecular weight excluding hydrogens is 243 g/mol. The van der Waals surface area contributed by atoms with Crippen LogP contribution >= 0.6 is 23.2 Å². The van der Waals surface area contributed by atoms with Crippen molar-refractivity contribution in [2.45, 2.75) is 25.2 Å². The first-order chi connectivity index (χ1) is 7.75. The minimum atomic E-state index is 0.471. The van der Waals surface area contributed by atoms with Crippen LogP contribution in [-0.2, 0) is 0 Å². The van der Waals surface area contributed by atoms with Gasteiger partial charge in [0.15, 0.2) is 0 Å². The molecule has 0 bridgehead atoms. The molecule has 0 atom stereocenters. The quantitative estimate of drug-likeness (QED) is 0.711. The monoisotopic (exact) mass is 252 g/mol. The predicted molar refractivity (Wildman–Crippen MR) is 66.2 cm³/mol.